The number of hydrogen-bond acceptors (Lipinski definition) is 3. The van der Waals surface area contributed by atoms with E-state index in [1.165, 1.54) is 18.2 Å². The molecule has 0 spiro atoms. The van der Waals surface area contributed by atoms with Crippen molar-refractivity contribution in [1.29, 1.82) is 0 Å². The van der Waals surface area contributed by atoms with Crippen LogP contribution in [0.1, 0.15) is 15.9 Å². The van der Waals surface area contributed by atoms with E-state index in [0.29, 0.717) is 12.4 Å². The number of hydrogen-bond donors (Lipinski definition) is 1. The molecular formula is C17H14ClFN4O. The van der Waals surface area contributed by atoms with Crippen molar-refractivity contribution in [3.8, 4) is 0 Å². The normalized spacial score (nSPS) is 10.6. The molecule has 1 N–H and O–H groups in total. The van der Waals surface area contributed by atoms with Crippen LogP contribution < -0.4 is 5.32 Å². The molecule has 0 unspecified atom stereocenters. The summed E-state index contributed by atoms with van der Waals surface area (Å²) in [5.74, 6) is -0.955. The first kappa shape index (κ1) is 16.1. The van der Waals surface area contributed by atoms with Crippen molar-refractivity contribution >= 4 is 23.3 Å². The van der Waals surface area contributed by atoms with E-state index in [4.69, 9.17) is 11.6 Å². The summed E-state index contributed by atoms with van der Waals surface area (Å²) >= 11 is 5.88. The fourth-order valence-electron chi connectivity index (χ4n) is 2.24. The highest BCUT2D eigenvalue weighted by atomic mass is 35.5. The molecule has 0 saturated carbocycles. The van der Waals surface area contributed by atoms with Crippen molar-refractivity contribution in [3.05, 3.63) is 77.0 Å². The average molecular weight is 345 g/mol. The molecule has 0 aliphatic heterocycles. The summed E-state index contributed by atoms with van der Waals surface area (Å²) in [6.45, 7) is 0.653. The van der Waals surface area contributed by atoms with Crippen LogP contribution in [0.5, 0.6) is 0 Å². The fraction of sp³-hybridized carbons (Fsp3) is 0.118. The van der Waals surface area contributed by atoms with Crippen LogP contribution >= 0.6 is 11.6 Å². The predicted octanol–water partition coefficient (Wildman–Crippen LogP) is 3.57. The number of benzene rings is 1. The van der Waals surface area contributed by atoms with Gasteiger partial charge in [0.1, 0.15) is 5.82 Å². The molecule has 122 valence electrons. The summed E-state index contributed by atoms with van der Waals surface area (Å²) in [6, 6.07) is 9.63. The van der Waals surface area contributed by atoms with Gasteiger partial charge in [-0.15, -0.1) is 0 Å². The maximum absolute atomic E-state index is 13.7. The Bertz CT molecular complexity index is 831. The summed E-state index contributed by atoms with van der Waals surface area (Å²) in [6.07, 6.45) is 6.01. The smallest absolute Gasteiger partial charge is 0.261 e. The number of aromatic nitrogens is 3. The predicted molar refractivity (Wildman–Crippen MR) is 89.5 cm³/mol. The van der Waals surface area contributed by atoms with Crippen LogP contribution in [-0.2, 0) is 13.0 Å². The first-order valence-corrected chi connectivity index (χ1v) is 7.69. The minimum Gasteiger partial charge on any atom is -0.305 e. The van der Waals surface area contributed by atoms with Crippen LogP contribution in [0.4, 0.5) is 10.2 Å². The van der Waals surface area contributed by atoms with Crippen molar-refractivity contribution in [1.82, 2.24) is 14.8 Å². The van der Waals surface area contributed by atoms with Crippen LogP contribution in [0.3, 0.4) is 0 Å². The minimum atomic E-state index is -0.669. The van der Waals surface area contributed by atoms with Crippen LogP contribution in [0.2, 0.25) is 5.02 Å². The highest BCUT2D eigenvalue weighted by molar-refractivity contribution is 6.34. The molecule has 0 bridgehead atoms. The lowest BCUT2D eigenvalue weighted by atomic mass is 10.2. The Morgan fingerprint density at radius 2 is 2.00 bits per heavy atom. The number of pyridine rings is 1. The van der Waals surface area contributed by atoms with Crippen molar-refractivity contribution in [2.75, 3.05) is 5.32 Å². The van der Waals surface area contributed by atoms with Gasteiger partial charge in [-0.1, -0.05) is 17.7 Å². The number of carbonyl (C=O) groups is 1. The maximum Gasteiger partial charge on any atom is 0.261 e. The van der Waals surface area contributed by atoms with Gasteiger partial charge < -0.3 is 5.32 Å². The number of nitrogens with zero attached hydrogens (tertiary/aromatic N) is 3. The third-order valence-corrected chi connectivity index (χ3v) is 3.77. The van der Waals surface area contributed by atoms with Gasteiger partial charge in [0.05, 0.1) is 10.6 Å². The lowest BCUT2D eigenvalue weighted by Crippen LogP contribution is -2.15. The van der Waals surface area contributed by atoms with E-state index < -0.39 is 11.7 Å². The zero-order chi connectivity index (χ0) is 16.9. The van der Waals surface area contributed by atoms with E-state index in [0.717, 1.165) is 12.0 Å². The summed E-state index contributed by atoms with van der Waals surface area (Å²) < 4.78 is 15.4. The summed E-state index contributed by atoms with van der Waals surface area (Å²) in [4.78, 5) is 16.1. The third kappa shape index (κ3) is 3.78. The molecule has 0 radical (unpaired) electrons. The van der Waals surface area contributed by atoms with Gasteiger partial charge in [-0.25, -0.2) is 4.39 Å². The molecule has 0 fully saturated rings. The Balaban J connectivity index is 1.64. The number of halogens is 2. The Morgan fingerprint density at radius 1 is 1.21 bits per heavy atom. The van der Waals surface area contributed by atoms with Crippen LogP contribution in [0, 0.1) is 5.82 Å². The SMILES string of the molecule is O=C(Nc1ccn(CCc2ccncc2)n1)c1c(F)cccc1Cl. The van der Waals surface area contributed by atoms with Gasteiger partial charge >= 0.3 is 0 Å². The quantitative estimate of drug-likeness (QED) is 0.769. The van der Waals surface area contributed by atoms with Gasteiger partial charge in [-0.2, -0.15) is 5.10 Å². The zero-order valence-corrected chi connectivity index (χ0v) is 13.4. The Kier molecular flexibility index (Phi) is 4.86. The Morgan fingerprint density at radius 3 is 2.75 bits per heavy atom. The molecule has 0 aliphatic rings. The number of anilines is 1. The third-order valence-electron chi connectivity index (χ3n) is 3.45. The molecule has 0 aliphatic carbocycles. The molecule has 0 atom stereocenters. The number of amides is 1. The lowest BCUT2D eigenvalue weighted by molar-refractivity contribution is 0.102. The number of rotatable bonds is 5. The number of aryl methyl sites for hydroxylation is 2. The fourth-order valence-corrected chi connectivity index (χ4v) is 2.49. The standard InChI is InChI=1S/C17H14ClFN4O/c18-13-2-1-3-14(19)16(13)17(24)21-15-7-11-23(22-15)10-6-12-4-8-20-9-5-12/h1-5,7-9,11H,6,10H2,(H,21,22,24). The minimum absolute atomic E-state index is 0.0598. The molecule has 2 aromatic heterocycles. The van der Waals surface area contributed by atoms with Crippen molar-refractivity contribution in [3.63, 3.8) is 0 Å². The van der Waals surface area contributed by atoms with E-state index in [1.807, 2.05) is 12.1 Å². The van der Waals surface area contributed by atoms with Gasteiger partial charge in [0.25, 0.3) is 5.91 Å². The van der Waals surface area contributed by atoms with Gasteiger partial charge in [0.15, 0.2) is 5.82 Å². The van der Waals surface area contributed by atoms with Crippen LogP contribution in [0.25, 0.3) is 0 Å². The van der Waals surface area contributed by atoms with Crippen LogP contribution in [0.15, 0.2) is 55.0 Å². The molecular weight excluding hydrogens is 331 g/mol. The number of nitrogens with one attached hydrogen (secondary N) is 1. The molecule has 1 amide bonds. The van der Waals surface area contributed by atoms with E-state index in [2.05, 4.69) is 15.4 Å². The maximum atomic E-state index is 13.7. The van der Waals surface area contributed by atoms with Gasteiger partial charge in [-0.05, 0) is 36.2 Å². The molecule has 3 aromatic rings. The summed E-state index contributed by atoms with van der Waals surface area (Å²) in [7, 11) is 0. The largest absolute Gasteiger partial charge is 0.305 e. The first-order chi connectivity index (χ1) is 11.6. The molecule has 7 heteroatoms. The second-order valence-corrected chi connectivity index (χ2v) is 5.53. The topological polar surface area (TPSA) is 59.8 Å². The molecule has 3 rings (SSSR count). The second-order valence-electron chi connectivity index (χ2n) is 5.12. The van der Waals surface area contributed by atoms with Crippen molar-refractivity contribution < 1.29 is 9.18 Å². The molecule has 1 aromatic carbocycles. The highest BCUT2D eigenvalue weighted by Crippen LogP contribution is 2.20. The molecule has 24 heavy (non-hydrogen) atoms. The number of carbonyl (C=O) groups excluding carboxylic acids is 1. The molecule has 0 saturated heterocycles. The highest BCUT2D eigenvalue weighted by Gasteiger charge is 2.16. The molecule has 2 heterocycles. The van der Waals surface area contributed by atoms with Gasteiger partial charge in [-0.3, -0.25) is 14.5 Å². The summed E-state index contributed by atoms with van der Waals surface area (Å²) in [5.41, 5.74) is 0.953. The van der Waals surface area contributed by atoms with Gasteiger partial charge in [0.2, 0.25) is 0 Å². The first-order valence-electron chi connectivity index (χ1n) is 7.31. The second kappa shape index (κ2) is 7.23. The van der Waals surface area contributed by atoms with E-state index in [-0.39, 0.29) is 10.6 Å². The van der Waals surface area contributed by atoms with E-state index in [9.17, 15) is 9.18 Å². The van der Waals surface area contributed by atoms with Crippen LogP contribution in [-0.4, -0.2) is 20.7 Å². The van der Waals surface area contributed by atoms with Crippen molar-refractivity contribution in [2.45, 2.75) is 13.0 Å². The van der Waals surface area contributed by atoms with E-state index in [1.54, 1.807) is 29.3 Å². The molecule has 5 nitrogen and oxygen atoms in total. The van der Waals surface area contributed by atoms with Gasteiger partial charge in [0, 0.05) is 31.2 Å². The average Bonchev–Trinajstić information content (AvgIpc) is 3.01. The Labute approximate surface area is 143 Å². The zero-order valence-electron chi connectivity index (χ0n) is 12.6. The monoisotopic (exact) mass is 344 g/mol. The summed E-state index contributed by atoms with van der Waals surface area (Å²) in [5, 5.41) is 6.87. The Hall–Kier alpha value is -2.73. The van der Waals surface area contributed by atoms with Crippen molar-refractivity contribution in [2.24, 2.45) is 0 Å². The van der Waals surface area contributed by atoms with E-state index >= 15 is 0 Å². The lowest BCUT2D eigenvalue weighted by Gasteiger charge is -2.05.